The minimum Gasteiger partial charge on any atom is -0.543 e. The maximum atomic E-state index is 12.4. The van der Waals surface area contributed by atoms with E-state index in [9.17, 15) is 14.7 Å². The van der Waals surface area contributed by atoms with E-state index in [-0.39, 0.29) is 47.2 Å². The van der Waals surface area contributed by atoms with Crippen molar-refractivity contribution in [3.05, 3.63) is 45.3 Å². The molecule has 3 heterocycles. The summed E-state index contributed by atoms with van der Waals surface area (Å²) < 4.78 is 0. The number of carbonyl (C=O) groups is 2. The maximum Gasteiger partial charge on any atom is 1.00 e. The van der Waals surface area contributed by atoms with Gasteiger partial charge in [0.05, 0.1) is 21.7 Å². The Morgan fingerprint density at radius 3 is 2.48 bits per heavy atom. The van der Waals surface area contributed by atoms with E-state index in [1.807, 2.05) is 4.90 Å². The Bertz CT molecular complexity index is 908. The number of rotatable bonds is 4. The first-order chi connectivity index (χ1) is 12.4. The number of fused-ring (bicyclic) bond motifs is 1. The van der Waals surface area contributed by atoms with Gasteiger partial charge in [-0.05, 0) is 19.1 Å². The number of aryl methyl sites for hydroxylation is 1. The largest absolute Gasteiger partial charge is 1.00 e. The second kappa shape index (κ2) is 7.40. The third-order valence-electron chi connectivity index (χ3n) is 5.04. The Morgan fingerprint density at radius 2 is 1.93 bits per heavy atom. The van der Waals surface area contributed by atoms with Crippen LogP contribution in [-0.2, 0) is 0 Å². The topological polar surface area (TPSA) is 101 Å². The van der Waals surface area contributed by atoms with Crippen LogP contribution in [0.2, 0.25) is 10.0 Å². The number of H-pyrrole nitrogens is 1. The van der Waals surface area contributed by atoms with Crippen LogP contribution in [0.5, 0.6) is 0 Å². The number of nitrogens with zero attached hydrogens (tertiary/aromatic N) is 2. The number of aromatic amines is 1. The quantitative estimate of drug-likeness (QED) is 0.593. The molecular formula is C17H15Cl2LiN4O3. The van der Waals surface area contributed by atoms with E-state index >= 15 is 0 Å². The number of nitrogens with one attached hydrogen (secondary N) is 2. The Hall–Kier alpha value is -1.65. The molecule has 4 rings (SSSR count). The number of hydrogen-bond acceptors (Lipinski definition) is 5. The van der Waals surface area contributed by atoms with Crippen LogP contribution >= 0.6 is 23.2 Å². The van der Waals surface area contributed by atoms with Crippen LogP contribution in [0.15, 0.2) is 18.2 Å². The van der Waals surface area contributed by atoms with Crippen LogP contribution in [-0.4, -0.2) is 41.0 Å². The van der Waals surface area contributed by atoms with Crippen molar-refractivity contribution in [2.45, 2.75) is 13.0 Å². The second-order valence-electron chi connectivity index (χ2n) is 6.65. The summed E-state index contributed by atoms with van der Waals surface area (Å²) >= 11 is 12.1. The van der Waals surface area contributed by atoms with Gasteiger partial charge < -0.3 is 25.1 Å². The molecule has 3 atom stereocenters. The fourth-order valence-corrected chi connectivity index (χ4v) is 4.01. The third-order valence-corrected chi connectivity index (χ3v) is 5.99. The number of hydrogen-bond donors (Lipinski definition) is 2. The minimum absolute atomic E-state index is 0. The number of anilines is 1. The summed E-state index contributed by atoms with van der Waals surface area (Å²) in [5.41, 5.74) is 0.851. The van der Waals surface area contributed by atoms with E-state index < -0.39 is 5.97 Å². The Balaban J connectivity index is 0.00000210. The molecule has 136 valence electrons. The number of aromatic nitrogens is 2. The summed E-state index contributed by atoms with van der Waals surface area (Å²) in [5, 5.41) is 14.5. The van der Waals surface area contributed by atoms with Crippen molar-refractivity contribution in [1.29, 1.82) is 0 Å². The number of piperidine rings is 1. The number of carboxylic acids is 1. The molecule has 2 aromatic heterocycles. The number of carbonyl (C=O) groups excluding carboxylic acids is 2. The minimum atomic E-state index is -1.29. The van der Waals surface area contributed by atoms with E-state index in [4.69, 9.17) is 23.2 Å². The van der Waals surface area contributed by atoms with Crippen molar-refractivity contribution >= 4 is 40.9 Å². The Morgan fingerprint density at radius 1 is 1.26 bits per heavy atom. The standard InChI is InChI=1S/C17H16Cl2N4O3.Li/c1-7-12(18)13(19)15(20-7)16(24)22-14-8-5-23(6-9(8)14)11-4-2-3-10(21-11)17(25)26;/h2-4,8-9,14,20H,5-6H2,1H3,(H,22,24)(H,25,26);/q;+1/p-1/t8-,9+,14-;. The molecule has 1 saturated carbocycles. The van der Waals surface area contributed by atoms with E-state index in [2.05, 4.69) is 15.3 Å². The zero-order chi connectivity index (χ0) is 18.6. The predicted molar refractivity (Wildman–Crippen MR) is 94.6 cm³/mol. The van der Waals surface area contributed by atoms with Gasteiger partial charge in [0.25, 0.3) is 5.91 Å². The molecule has 0 bridgehead atoms. The summed E-state index contributed by atoms with van der Waals surface area (Å²) in [6.45, 7) is 3.16. The van der Waals surface area contributed by atoms with Crippen LogP contribution < -0.4 is 34.2 Å². The SMILES string of the molecule is Cc1[nH]c(C(=O)N[C@@H]2[C@@H]3CN(c4cccc(C(=O)[O-])n4)C[C@@H]32)c(Cl)c1Cl.[Li+]. The Kier molecular flexibility index (Phi) is 5.51. The molecule has 2 N–H and O–H groups in total. The van der Waals surface area contributed by atoms with Gasteiger partial charge in [-0.2, -0.15) is 0 Å². The molecule has 1 aliphatic carbocycles. The average Bonchev–Trinajstić information content (AvgIpc) is 2.95. The van der Waals surface area contributed by atoms with Gasteiger partial charge in [-0.3, -0.25) is 4.79 Å². The van der Waals surface area contributed by atoms with Crippen LogP contribution in [0.25, 0.3) is 0 Å². The summed E-state index contributed by atoms with van der Waals surface area (Å²) in [6.07, 6.45) is 0. The van der Waals surface area contributed by atoms with Crippen LogP contribution in [0.4, 0.5) is 5.82 Å². The van der Waals surface area contributed by atoms with Crippen LogP contribution in [0, 0.1) is 18.8 Å². The monoisotopic (exact) mass is 400 g/mol. The summed E-state index contributed by atoms with van der Waals surface area (Å²) in [6, 6.07) is 4.90. The van der Waals surface area contributed by atoms with Gasteiger partial charge in [0, 0.05) is 36.7 Å². The van der Waals surface area contributed by atoms with Gasteiger partial charge in [-0.25, -0.2) is 4.98 Å². The van der Waals surface area contributed by atoms with Crippen LogP contribution in [0.3, 0.4) is 0 Å². The van der Waals surface area contributed by atoms with E-state index in [0.29, 0.717) is 41.5 Å². The van der Waals surface area contributed by atoms with Crippen molar-refractivity contribution in [3.63, 3.8) is 0 Å². The van der Waals surface area contributed by atoms with Gasteiger partial charge in [0.15, 0.2) is 0 Å². The molecule has 27 heavy (non-hydrogen) atoms. The predicted octanol–water partition coefficient (Wildman–Crippen LogP) is -1.74. The molecule has 0 aromatic carbocycles. The van der Waals surface area contributed by atoms with E-state index in [1.54, 1.807) is 19.1 Å². The smallest absolute Gasteiger partial charge is 0.543 e. The van der Waals surface area contributed by atoms with Gasteiger partial charge in [0.1, 0.15) is 11.5 Å². The summed E-state index contributed by atoms with van der Waals surface area (Å²) in [7, 11) is 0. The van der Waals surface area contributed by atoms with Gasteiger partial charge in [-0.15, -0.1) is 0 Å². The van der Waals surface area contributed by atoms with Gasteiger partial charge in [-0.1, -0.05) is 29.3 Å². The number of pyridine rings is 1. The molecule has 2 aliphatic rings. The fourth-order valence-electron chi connectivity index (χ4n) is 3.59. The van der Waals surface area contributed by atoms with Crippen LogP contribution in [0.1, 0.15) is 26.7 Å². The van der Waals surface area contributed by atoms with Gasteiger partial charge in [0.2, 0.25) is 0 Å². The van der Waals surface area contributed by atoms with Crippen molar-refractivity contribution < 1.29 is 33.6 Å². The molecule has 10 heteroatoms. The first-order valence-corrected chi connectivity index (χ1v) is 8.90. The second-order valence-corrected chi connectivity index (χ2v) is 7.41. The molecule has 2 aromatic rings. The number of carboxylic acid groups (broad SMARTS) is 1. The molecule has 0 spiro atoms. The Labute approximate surface area is 177 Å². The van der Waals surface area contributed by atoms with E-state index in [1.165, 1.54) is 6.07 Å². The molecule has 7 nitrogen and oxygen atoms in total. The van der Waals surface area contributed by atoms with Crippen molar-refractivity contribution in [2.75, 3.05) is 18.0 Å². The first-order valence-electron chi connectivity index (χ1n) is 8.14. The fraction of sp³-hybridized carbons (Fsp3) is 0.353. The average molecular weight is 401 g/mol. The van der Waals surface area contributed by atoms with Crippen molar-refractivity contribution in [2.24, 2.45) is 11.8 Å². The molecule has 1 saturated heterocycles. The molecule has 2 fully saturated rings. The maximum absolute atomic E-state index is 12.4. The molecule has 0 unspecified atom stereocenters. The van der Waals surface area contributed by atoms with Crippen molar-refractivity contribution in [3.8, 4) is 0 Å². The zero-order valence-electron chi connectivity index (χ0n) is 14.8. The molecule has 1 amide bonds. The molecular weight excluding hydrogens is 386 g/mol. The van der Waals surface area contributed by atoms with Crippen molar-refractivity contribution in [1.82, 2.24) is 15.3 Å². The number of amides is 1. The normalized spacial score (nSPS) is 22.8. The molecule has 0 radical (unpaired) electrons. The first kappa shape index (κ1) is 20.1. The molecule has 1 aliphatic heterocycles. The third kappa shape index (κ3) is 3.57. The van der Waals surface area contributed by atoms with Gasteiger partial charge >= 0.3 is 18.9 Å². The number of aromatic carboxylic acids is 1. The summed E-state index contributed by atoms with van der Waals surface area (Å²) in [4.78, 5) is 32.4. The summed E-state index contributed by atoms with van der Waals surface area (Å²) in [5.74, 6) is -0.347. The zero-order valence-corrected chi connectivity index (χ0v) is 16.3. The number of halogens is 2. The van der Waals surface area contributed by atoms with E-state index in [0.717, 1.165) is 0 Å².